The molecule has 0 radical (unpaired) electrons. The van der Waals surface area contributed by atoms with Gasteiger partial charge in [0, 0.05) is 18.2 Å². The summed E-state index contributed by atoms with van der Waals surface area (Å²) in [5.74, 6) is -0.883. The molecule has 2 aromatic carbocycles. The lowest BCUT2D eigenvalue weighted by Gasteiger charge is -2.12. The van der Waals surface area contributed by atoms with Crippen molar-refractivity contribution in [2.75, 3.05) is 13.7 Å². The first kappa shape index (κ1) is 23.3. The van der Waals surface area contributed by atoms with E-state index in [9.17, 15) is 18.0 Å². The zero-order valence-corrected chi connectivity index (χ0v) is 18.8. The molecule has 11 heteroatoms. The first-order valence-electron chi connectivity index (χ1n) is 9.28. The first-order chi connectivity index (χ1) is 14.7. The molecular formula is C20H20Cl2N2O6S. The highest BCUT2D eigenvalue weighted by atomic mass is 35.5. The van der Waals surface area contributed by atoms with E-state index < -0.39 is 28.5 Å². The monoisotopic (exact) mass is 486 g/mol. The van der Waals surface area contributed by atoms with Gasteiger partial charge in [0.2, 0.25) is 10.0 Å². The van der Waals surface area contributed by atoms with Crippen molar-refractivity contribution in [3.8, 4) is 5.75 Å². The number of hydrogen-bond donors (Lipinski definition) is 2. The summed E-state index contributed by atoms with van der Waals surface area (Å²) in [5, 5.41) is 2.40. The van der Waals surface area contributed by atoms with Crippen molar-refractivity contribution in [3.63, 3.8) is 0 Å². The molecule has 0 aliphatic heterocycles. The van der Waals surface area contributed by atoms with Gasteiger partial charge in [0.25, 0.3) is 5.91 Å². The van der Waals surface area contributed by atoms with E-state index in [4.69, 9.17) is 32.7 Å². The summed E-state index contributed by atoms with van der Waals surface area (Å²) in [6.45, 7) is -0.396. The molecule has 1 aliphatic carbocycles. The minimum Gasteiger partial charge on any atom is -0.496 e. The fraction of sp³-hybridized carbons (Fsp3) is 0.300. The molecule has 1 aliphatic rings. The summed E-state index contributed by atoms with van der Waals surface area (Å²) in [4.78, 5) is 24.2. The lowest BCUT2D eigenvalue weighted by atomic mass is 10.2. The van der Waals surface area contributed by atoms with Crippen LogP contribution in [0.2, 0.25) is 10.0 Å². The van der Waals surface area contributed by atoms with Gasteiger partial charge in [-0.15, -0.1) is 0 Å². The Morgan fingerprint density at radius 3 is 2.52 bits per heavy atom. The topological polar surface area (TPSA) is 111 Å². The van der Waals surface area contributed by atoms with E-state index in [0.717, 1.165) is 30.5 Å². The van der Waals surface area contributed by atoms with Gasteiger partial charge in [0.1, 0.15) is 10.6 Å². The van der Waals surface area contributed by atoms with E-state index in [1.807, 2.05) is 0 Å². The van der Waals surface area contributed by atoms with Crippen molar-refractivity contribution >= 4 is 45.1 Å². The van der Waals surface area contributed by atoms with E-state index in [2.05, 4.69) is 10.0 Å². The van der Waals surface area contributed by atoms with Gasteiger partial charge in [-0.05, 0) is 31.0 Å². The van der Waals surface area contributed by atoms with E-state index >= 15 is 0 Å². The highest BCUT2D eigenvalue weighted by molar-refractivity contribution is 7.89. The first-order valence-corrected chi connectivity index (χ1v) is 11.5. The molecule has 166 valence electrons. The number of amides is 1. The van der Waals surface area contributed by atoms with Crippen LogP contribution < -0.4 is 14.8 Å². The summed E-state index contributed by atoms with van der Waals surface area (Å²) in [7, 11) is -2.40. The molecular weight excluding hydrogens is 467 g/mol. The van der Waals surface area contributed by atoms with E-state index in [1.165, 1.54) is 7.11 Å². The summed E-state index contributed by atoms with van der Waals surface area (Å²) in [5.41, 5.74) is 0.545. The lowest BCUT2D eigenvalue weighted by molar-refractivity contribution is -0.124. The van der Waals surface area contributed by atoms with Crippen molar-refractivity contribution in [1.29, 1.82) is 0 Å². The summed E-state index contributed by atoms with van der Waals surface area (Å²) in [6, 6.07) is 9.21. The number of methoxy groups -OCH3 is 1. The molecule has 0 unspecified atom stereocenters. The Labute approximate surface area is 189 Å². The average Bonchev–Trinajstić information content (AvgIpc) is 3.53. The highest BCUT2D eigenvalue weighted by Crippen LogP contribution is 2.31. The minimum atomic E-state index is -3.92. The van der Waals surface area contributed by atoms with Crippen molar-refractivity contribution in [2.24, 2.45) is 0 Å². The number of esters is 1. The van der Waals surface area contributed by atoms with Crippen LogP contribution in [0.4, 0.5) is 0 Å². The Morgan fingerprint density at radius 1 is 1.13 bits per heavy atom. The number of nitrogens with one attached hydrogen (secondary N) is 2. The number of benzene rings is 2. The number of ether oxygens (including phenoxy) is 2. The smallest absolute Gasteiger partial charge is 0.340 e. The van der Waals surface area contributed by atoms with Crippen LogP contribution in [-0.2, 0) is 26.1 Å². The predicted octanol–water partition coefficient (Wildman–Crippen LogP) is 2.92. The predicted molar refractivity (Wildman–Crippen MR) is 115 cm³/mol. The second-order valence-corrected chi connectivity index (χ2v) is 9.32. The Hall–Kier alpha value is -2.33. The number of carbonyl (C=O) groups is 2. The van der Waals surface area contributed by atoms with Crippen molar-refractivity contribution < 1.29 is 27.5 Å². The summed E-state index contributed by atoms with van der Waals surface area (Å²) in [6.07, 6.45) is 1.48. The van der Waals surface area contributed by atoms with Gasteiger partial charge >= 0.3 is 5.97 Å². The largest absolute Gasteiger partial charge is 0.496 e. The van der Waals surface area contributed by atoms with Crippen molar-refractivity contribution in [3.05, 3.63) is 57.6 Å². The third-order valence-electron chi connectivity index (χ3n) is 4.43. The van der Waals surface area contributed by atoms with E-state index in [0.29, 0.717) is 5.75 Å². The lowest BCUT2D eigenvalue weighted by Crippen LogP contribution is -2.29. The van der Waals surface area contributed by atoms with Crippen LogP contribution in [-0.4, -0.2) is 40.1 Å². The Bertz CT molecular complexity index is 1100. The van der Waals surface area contributed by atoms with Gasteiger partial charge in [0.15, 0.2) is 6.61 Å². The minimum absolute atomic E-state index is 0.0881. The van der Waals surface area contributed by atoms with Gasteiger partial charge < -0.3 is 14.8 Å². The van der Waals surface area contributed by atoms with Crippen LogP contribution in [0.3, 0.4) is 0 Å². The second kappa shape index (κ2) is 9.86. The van der Waals surface area contributed by atoms with Gasteiger partial charge in [-0.1, -0.05) is 41.4 Å². The van der Waals surface area contributed by atoms with Crippen LogP contribution in [0.5, 0.6) is 5.75 Å². The van der Waals surface area contributed by atoms with Crippen molar-refractivity contribution in [2.45, 2.75) is 30.3 Å². The molecule has 3 rings (SSSR count). The number of halogens is 2. The van der Waals surface area contributed by atoms with Crippen molar-refractivity contribution in [1.82, 2.24) is 10.0 Å². The van der Waals surface area contributed by atoms with Crippen LogP contribution in [0, 0.1) is 0 Å². The molecule has 2 N–H and O–H groups in total. The summed E-state index contributed by atoms with van der Waals surface area (Å²) < 4.78 is 37.6. The maximum Gasteiger partial charge on any atom is 0.340 e. The number of carbonyl (C=O) groups excluding carboxylic acids is 2. The standard InChI is InChI=1S/C20H20Cl2N2O6S/c1-29-17-5-3-2-4-12(17)10-23-19(25)11-30-20(26)14-8-18(16(22)9-15(14)21)31(27,28)24-13-6-7-13/h2-5,8-9,13,24H,6-7,10-11H2,1H3,(H,23,25). The fourth-order valence-electron chi connectivity index (χ4n) is 2.68. The quantitative estimate of drug-likeness (QED) is 0.527. The van der Waals surface area contributed by atoms with Crippen LogP contribution in [0.15, 0.2) is 41.3 Å². The number of sulfonamides is 1. The van der Waals surface area contributed by atoms with Crippen LogP contribution >= 0.6 is 23.2 Å². The number of hydrogen-bond acceptors (Lipinski definition) is 6. The Kier molecular flexibility index (Phi) is 7.42. The van der Waals surface area contributed by atoms with Gasteiger partial charge in [-0.2, -0.15) is 0 Å². The molecule has 0 saturated heterocycles. The molecule has 2 aromatic rings. The van der Waals surface area contributed by atoms with Gasteiger partial charge in [0.05, 0.1) is 22.7 Å². The van der Waals surface area contributed by atoms with E-state index in [1.54, 1.807) is 24.3 Å². The van der Waals surface area contributed by atoms with Crippen LogP contribution in [0.1, 0.15) is 28.8 Å². The maximum atomic E-state index is 12.5. The number of rotatable bonds is 9. The zero-order chi connectivity index (χ0) is 22.6. The SMILES string of the molecule is COc1ccccc1CNC(=O)COC(=O)c1cc(S(=O)(=O)NC2CC2)c(Cl)cc1Cl. The molecule has 1 amide bonds. The Morgan fingerprint density at radius 2 is 1.84 bits per heavy atom. The maximum absolute atomic E-state index is 12.5. The molecule has 0 atom stereocenters. The molecule has 0 spiro atoms. The van der Waals surface area contributed by atoms with Gasteiger partial charge in [-0.25, -0.2) is 17.9 Å². The highest BCUT2D eigenvalue weighted by Gasteiger charge is 2.30. The molecule has 0 bridgehead atoms. The van der Waals surface area contributed by atoms with Crippen LogP contribution in [0.25, 0.3) is 0 Å². The summed E-state index contributed by atoms with van der Waals surface area (Å²) >= 11 is 12.1. The third kappa shape index (κ3) is 6.10. The van der Waals surface area contributed by atoms with E-state index in [-0.39, 0.29) is 33.1 Å². The number of para-hydroxylation sites is 1. The normalized spacial score (nSPS) is 13.5. The average molecular weight is 487 g/mol. The molecule has 0 heterocycles. The zero-order valence-electron chi connectivity index (χ0n) is 16.5. The molecule has 8 nitrogen and oxygen atoms in total. The molecule has 1 saturated carbocycles. The second-order valence-electron chi connectivity index (χ2n) is 6.82. The Balaban J connectivity index is 1.63. The fourth-order valence-corrected chi connectivity index (χ4v) is 4.83. The molecule has 1 fully saturated rings. The molecule has 0 aromatic heterocycles. The van der Waals surface area contributed by atoms with Gasteiger partial charge in [-0.3, -0.25) is 4.79 Å². The molecule has 31 heavy (non-hydrogen) atoms. The third-order valence-corrected chi connectivity index (χ3v) is 6.73.